The summed E-state index contributed by atoms with van der Waals surface area (Å²) in [6.45, 7) is 5.41. The summed E-state index contributed by atoms with van der Waals surface area (Å²) >= 11 is 2.05. The molecule has 18 heavy (non-hydrogen) atoms. The lowest BCUT2D eigenvalue weighted by molar-refractivity contribution is 0.185. The first-order valence-electron chi connectivity index (χ1n) is 6.54. The molecule has 0 aromatic heterocycles. The Morgan fingerprint density at radius 3 is 3.00 bits per heavy atom. The van der Waals surface area contributed by atoms with Gasteiger partial charge in [-0.05, 0) is 35.3 Å². The molecule has 1 fully saturated rings. The highest BCUT2D eigenvalue weighted by atomic mass is 32.2. The number of anilines is 1. The Hall–Kier alpha value is -0.670. The first-order chi connectivity index (χ1) is 8.62. The largest absolute Gasteiger partial charge is 0.381 e. The molecule has 1 aromatic carbocycles. The highest BCUT2D eigenvalue weighted by molar-refractivity contribution is 7.99. The monoisotopic (exact) mass is 265 g/mol. The number of hydrogen-bond donors (Lipinski definition) is 1. The molecule has 0 spiro atoms. The second-order valence-electron chi connectivity index (χ2n) is 5.64. The maximum atomic E-state index is 5.18. The van der Waals surface area contributed by atoms with E-state index in [1.54, 1.807) is 7.11 Å². The lowest BCUT2D eigenvalue weighted by Gasteiger charge is -2.39. The quantitative estimate of drug-likeness (QED) is 0.895. The first-order valence-corrected chi connectivity index (χ1v) is 7.69. The average Bonchev–Trinajstić information content (AvgIpc) is 2.33. The molecule has 1 aliphatic rings. The van der Waals surface area contributed by atoms with E-state index in [1.165, 1.54) is 29.2 Å². The number of methoxy groups -OCH3 is 1. The van der Waals surface area contributed by atoms with Crippen molar-refractivity contribution >= 4 is 17.4 Å². The second-order valence-corrected chi connectivity index (χ2v) is 6.79. The molecule has 1 N–H and O–H groups in total. The molecule has 0 radical (unpaired) electrons. The van der Waals surface area contributed by atoms with Gasteiger partial charge in [0.2, 0.25) is 0 Å². The molecule has 1 heterocycles. The Labute approximate surface area is 114 Å². The number of hydrogen-bond acceptors (Lipinski definition) is 3. The Morgan fingerprint density at radius 2 is 2.28 bits per heavy atom. The Bertz CT molecular complexity index is 392. The van der Waals surface area contributed by atoms with Gasteiger partial charge >= 0.3 is 0 Å². The van der Waals surface area contributed by atoms with Gasteiger partial charge in [-0.25, -0.2) is 0 Å². The molecule has 100 valence electrons. The summed E-state index contributed by atoms with van der Waals surface area (Å²) in [6.07, 6.45) is 1.28. The maximum Gasteiger partial charge on any atom is 0.0713 e. The van der Waals surface area contributed by atoms with Crippen molar-refractivity contribution in [2.75, 3.05) is 23.9 Å². The van der Waals surface area contributed by atoms with Crippen LogP contribution in [-0.4, -0.2) is 24.7 Å². The van der Waals surface area contributed by atoms with Crippen LogP contribution in [-0.2, 0) is 11.3 Å². The summed E-state index contributed by atoms with van der Waals surface area (Å²) in [5.41, 5.74) is 2.82. The lowest BCUT2D eigenvalue weighted by atomic mass is 9.82. The Kier molecular flexibility index (Phi) is 4.57. The number of benzene rings is 1. The molecule has 1 atom stereocenters. The van der Waals surface area contributed by atoms with Gasteiger partial charge < -0.3 is 10.1 Å². The van der Waals surface area contributed by atoms with Gasteiger partial charge in [0.15, 0.2) is 0 Å². The van der Waals surface area contributed by atoms with E-state index in [0.29, 0.717) is 18.1 Å². The van der Waals surface area contributed by atoms with Crippen molar-refractivity contribution in [3.8, 4) is 0 Å². The Morgan fingerprint density at radius 1 is 1.44 bits per heavy atom. The summed E-state index contributed by atoms with van der Waals surface area (Å²) in [4.78, 5) is 0. The van der Waals surface area contributed by atoms with Crippen LogP contribution in [0.3, 0.4) is 0 Å². The third-order valence-corrected chi connectivity index (χ3v) is 4.76. The van der Waals surface area contributed by atoms with Gasteiger partial charge in [-0.2, -0.15) is 11.8 Å². The van der Waals surface area contributed by atoms with Gasteiger partial charge in [-0.1, -0.05) is 26.0 Å². The van der Waals surface area contributed by atoms with Crippen molar-refractivity contribution in [1.82, 2.24) is 0 Å². The van der Waals surface area contributed by atoms with Crippen LogP contribution in [0.1, 0.15) is 25.8 Å². The molecule has 3 heteroatoms. The van der Waals surface area contributed by atoms with Crippen LogP contribution in [0.4, 0.5) is 5.69 Å². The van der Waals surface area contributed by atoms with Crippen LogP contribution >= 0.6 is 11.8 Å². The summed E-state index contributed by atoms with van der Waals surface area (Å²) in [6, 6.07) is 9.09. The minimum Gasteiger partial charge on any atom is -0.381 e. The van der Waals surface area contributed by atoms with Gasteiger partial charge in [0.25, 0.3) is 0 Å². The standard InChI is InChI=1S/C15H23NOS/c1-15(2)7-8-18-11-14(15)16-13-6-4-5-12(9-13)10-17-3/h4-6,9,14,16H,7-8,10-11H2,1-3H3. The normalized spacial score (nSPS) is 22.7. The van der Waals surface area contributed by atoms with Crippen LogP contribution in [0.25, 0.3) is 0 Å². The molecular formula is C15H23NOS. The molecule has 1 aromatic rings. The van der Waals surface area contributed by atoms with Gasteiger partial charge in [0.1, 0.15) is 0 Å². The van der Waals surface area contributed by atoms with E-state index in [2.05, 4.69) is 55.2 Å². The molecule has 2 rings (SSSR count). The van der Waals surface area contributed by atoms with E-state index in [9.17, 15) is 0 Å². The third kappa shape index (κ3) is 3.42. The van der Waals surface area contributed by atoms with Crippen molar-refractivity contribution in [2.45, 2.75) is 32.9 Å². The van der Waals surface area contributed by atoms with Crippen molar-refractivity contribution in [2.24, 2.45) is 5.41 Å². The molecule has 0 saturated carbocycles. The molecule has 1 unspecified atom stereocenters. The maximum absolute atomic E-state index is 5.18. The van der Waals surface area contributed by atoms with Crippen LogP contribution in [0.15, 0.2) is 24.3 Å². The summed E-state index contributed by atoms with van der Waals surface area (Å²) in [5, 5.41) is 3.69. The average molecular weight is 265 g/mol. The Balaban J connectivity index is 2.06. The number of ether oxygens (including phenoxy) is 1. The van der Waals surface area contributed by atoms with E-state index in [0.717, 1.165) is 0 Å². The van der Waals surface area contributed by atoms with Crippen LogP contribution in [0.5, 0.6) is 0 Å². The lowest BCUT2D eigenvalue weighted by Crippen LogP contribution is -2.41. The molecular weight excluding hydrogens is 242 g/mol. The predicted octanol–water partition coefficient (Wildman–Crippen LogP) is 3.78. The second kappa shape index (κ2) is 5.98. The van der Waals surface area contributed by atoms with E-state index >= 15 is 0 Å². The summed E-state index contributed by atoms with van der Waals surface area (Å²) in [7, 11) is 1.74. The smallest absolute Gasteiger partial charge is 0.0713 e. The fraction of sp³-hybridized carbons (Fsp3) is 0.600. The van der Waals surface area contributed by atoms with Crippen molar-refractivity contribution in [3.63, 3.8) is 0 Å². The zero-order chi connectivity index (χ0) is 13.0. The molecule has 0 amide bonds. The van der Waals surface area contributed by atoms with E-state index in [-0.39, 0.29) is 0 Å². The SMILES string of the molecule is COCc1cccc(NC2CSCCC2(C)C)c1. The van der Waals surface area contributed by atoms with E-state index < -0.39 is 0 Å². The van der Waals surface area contributed by atoms with E-state index in [1.807, 2.05) is 0 Å². The molecule has 1 aliphatic heterocycles. The number of rotatable bonds is 4. The number of nitrogens with one attached hydrogen (secondary N) is 1. The van der Waals surface area contributed by atoms with Crippen molar-refractivity contribution in [1.29, 1.82) is 0 Å². The zero-order valence-electron chi connectivity index (χ0n) is 11.5. The highest BCUT2D eigenvalue weighted by Gasteiger charge is 2.32. The molecule has 1 saturated heterocycles. The van der Waals surface area contributed by atoms with Gasteiger partial charge in [0.05, 0.1) is 6.61 Å². The van der Waals surface area contributed by atoms with Crippen molar-refractivity contribution < 1.29 is 4.74 Å². The first kappa shape index (κ1) is 13.8. The molecule has 2 nitrogen and oxygen atoms in total. The van der Waals surface area contributed by atoms with Crippen LogP contribution in [0.2, 0.25) is 0 Å². The van der Waals surface area contributed by atoms with Gasteiger partial charge in [-0.3, -0.25) is 0 Å². The summed E-state index contributed by atoms with van der Waals surface area (Å²) in [5.74, 6) is 2.48. The minimum absolute atomic E-state index is 0.377. The fourth-order valence-corrected chi connectivity index (χ4v) is 3.90. The van der Waals surface area contributed by atoms with Gasteiger partial charge in [0, 0.05) is 24.6 Å². The number of thioether (sulfide) groups is 1. The topological polar surface area (TPSA) is 21.3 Å². The minimum atomic E-state index is 0.377. The van der Waals surface area contributed by atoms with Crippen LogP contribution in [0, 0.1) is 5.41 Å². The third-order valence-electron chi connectivity index (χ3n) is 3.70. The molecule has 0 bridgehead atoms. The van der Waals surface area contributed by atoms with Crippen LogP contribution < -0.4 is 5.32 Å². The highest BCUT2D eigenvalue weighted by Crippen LogP contribution is 2.36. The van der Waals surface area contributed by atoms with E-state index in [4.69, 9.17) is 4.74 Å². The fourth-order valence-electron chi connectivity index (χ4n) is 2.29. The van der Waals surface area contributed by atoms with Gasteiger partial charge in [-0.15, -0.1) is 0 Å². The molecule has 0 aliphatic carbocycles. The van der Waals surface area contributed by atoms with Crippen molar-refractivity contribution in [3.05, 3.63) is 29.8 Å². The zero-order valence-corrected chi connectivity index (χ0v) is 12.3. The predicted molar refractivity (Wildman–Crippen MR) is 80.3 cm³/mol. The summed E-state index contributed by atoms with van der Waals surface area (Å²) < 4.78 is 5.18.